The van der Waals surface area contributed by atoms with Crippen LogP contribution in [-0.2, 0) is 0 Å². The Bertz CT molecular complexity index is 468. The van der Waals surface area contributed by atoms with Crippen LogP contribution in [0.15, 0.2) is 36.5 Å². The van der Waals surface area contributed by atoms with E-state index in [1.54, 1.807) is 6.20 Å². The Morgan fingerprint density at radius 2 is 2.08 bits per heavy atom. The first-order valence-electron chi connectivity index (χ1n) is 3.81. The first kappa shape index (κ1) is 8.25. The summed E-state index contributed by atoms with van der Waals surface area (Å²) in [5, 5.41) is 9.74. The number of hydrogen-bond acceptors (Lipinski definition) is 2. The van der Waals surface area contributed by atoms with Crippen molar-refractivity contribution in [3.63, 3.8) is 0 Å². The van der Waals surface area contributed by atoms with Crippen molar-refractivity contribution < 1.29 is 0 Å². The van der Waals surface area contributed by atoms with Gasteiger partial charge in [0.1, 0.15) is 0 Å². The SMILES string of the molecule is N#C[Se]c1cccc2cccnc12. The Kier molecular flexibility index (Phi) is 2.27. The van der Waals surface area contributed by atoms with Crippen LogP contribution in [0.3, 0.4) is 0 Å². The number of rotatable bonds is 1. The van der Waals surface area contributed by atoms with Gasteiger partial charge in [-0.3, -0.25) is 0 Å². The summed E-state index contributed by atoms with van der Waals surface area (Å²) in [5.41, 5.74) is 0.964. The quantitative estimate of drug-likeness (QED) is 0.690. The third-order valence-corrected chi connectivity index (χ3v) is 3.10. The molecule has 0 saturated carbocycles. The maximum atomic E-state index is 8.63. The molecule has 2 aromatic rings. The molecule has 0 bridgehead atoms. The molecule has 0 N–H and O–H groups in total. The number of fused-ring (bicyclic) bond motifs is 1. The maximum absolute atomic E-state index is 8.63. The molecule has 13 heavy (non-hydrogen) atoms. The number of nitrogens with zero attached hydrogens (tertiary/aromatic N) is 2. The molecule has 0 atom stereocenters. The number of para-hydroxylation sites is 1. The topological polar surface area (TPSA) is 36.7 Å². The zero-order valence-electron chi connectivity index (χ0n) is 6.77. The molecule has 1 aromatic carbocycles. The van der Waals surface area contributed by atoms with E-state index in [-0.39, 0.29) is 15.0 Å². The number of benzene rings is 1. The molecule has 1 aromatic heterocycles. The van der Waals surface area contributed by atoms with Crippen molar-refractivity contribution in [3.05, 3.63) is 36.5 Å². The molecule has 0 fully saturated rings. The van der Waals surface area contributed by atoms with Crippen molar-refractivity contribution in [2.24, 2.45) is 0 Å². The van der Waals surface area contributed by atoms with Crippen LogP contribution in [-0.4, -0.2) is 19.9 Å². The molecule has 2 rings (SSSR count). The van der Waals surface area contributed by atoms with Gasteiger partial charge >= 0.3 is 82.1 Å². The minimum atomic E-state index is -0.117. The molecule has 0 aliphatic heterocycles. The summed E-state index contributed by atoms with van der Waals surface area (Å²) in [5.74, 6) is 0. The number of hydrogen-bond donors (Lipinski definition) is 0. The van der Waals surface area contributed by atoms with E-state index in [4.69, 9.17) is 5.26 Å². The van der Waals surface area contributed by atoms with Crippen molar-refractivity contribution >= 4 is 30.3 Å². The van der Waals surface area contributed by atoms with E-state index < -0.39 is 0 Å². The van der Waals surface area contributed by atoms with Crippen LogP contribution < -0.4 is 4.46 Å². The van der Waals surface area contributed by atoms with Gasteiger partial charge in [0.15, 0.2) is 0 Å². The molecule has 0 unspecified atom stereocenters. The molecule has 2 nitrogen and oxygen atoms in total. The van der Waals surface area contributed by atoms with Crippen molar-refractivity contribution in [1.82, 2.24) is 4.98 Å². The summed E-state index contributed by atoms with van der Waals surface area (Å²) in [6.07, 6.45) is 1.76. The van der Waals surface area contributed by atoms with E-state index in [1.165, 1.54) is 0 Å². The molecule has 3 heteroatoms. The van der Waals surface area contributed by atoms with E-state index in [0.717, 1.165) is 15.4 Å². The van der Waals surface area contributed by atoms with Gasteiger partial charge in [-0.25, -0.2) is 0 Å². The number of pyridine rings is 1. The van der Waals surface area contributed by atoms with E-state index in [2.05, 4.69) is 9.95 Å². The van der Waals surface area contributed by atoms with Crippen LogP contribution >= 0.6 is 0 Å². The summed E-state index contributed by atoms with van der Waals surface area (Å²) in [4.78, 5) is 6.46. The van der Waals surface area contributed by atoms with Crippen LogP contribution in [0.1, 0.15) is 0 Å². The van der Waals surface area contributed by atoms with Crippen LogP contribution in [0.2, 0.25) is 0 Å². The van der Waals surface area contributed by atoms with Crippen LogP contribution in [0.5, 0.6) is 0 Å². The Balaban J connectivity index is 2.70. The molecule has 0 amide bonds. The van der Waals surface area contributed by atoms with Crippen molar-refractivity contribution in [2.75, 3.05) is 0 Å². The predicted octanol–water partition coefficient (Wildman–Crippen LogP) is 1.05. The molecular formula is C10H6N2Se. The van der Waals surface area contributed by atoms with Gasteiger partial charge in [0.05, 0.1) is 0 Å². The standard InChI is InChI=1S/C10H6N2Se/c11-7-13-9-5-1-3-8-4-2-6-12-10(8)9/h1-6H. The van der Waals surface area contributed by atoms with Gasteiger partial charge in [-0.2, -0.15) is 0 Å². The zero-order valence-corrected chi connectivity index (χ0v) is 8.48. The molecule has 0 radical (unpaired) electrons. The molecular weight excluding hydrogens is 227 g/mol. The zero-order chi connectivity index (χ0) is 9.10. The Morgan fingerprint density at radius 3 is 2.92 bits per heavy atom. The second kappa shape index (κ2) is 3.57. The summed E-state index contributed by atoms with van der Waals surface area (Å²) in [6.45, 7) is 0. The van der Waals surface area contributed by atoms with E-state index in [0.29, 0.717) is 0 Å². The van der Waals surface area contributed by atoms with Gasteiger partial charge in [0.2, 0.25) is 0 Å². The first-order valence-corrected chi connectivity index (χ1v) is 5.53. The molecule has 0 aliphatic carbocycles. The Morgan fingerprint density at radius 1 is 1.23 bits per heavy atom. The van der Waals surface area contributed by atoms with Crippen LogP contribution in [0.25, 0.3) is 10.9 Å². The molecule has 1 heterocycles. The van der Waals surface area contributed by atoms with Gasteiger partial charge in [0, 0.05) is 0 Å². The van der Waals surface area contributed by atoms with Gasteiger partial charge < -0.3 is 0 Å². The molecule has 62 valence electrons. The normalized spacial score (nSPS) is 9.77. The van der Waals surface area contributed by atoms with Crippen LogP contribution in [0.4, 0.5) is 0 Å². The Labute approximate surface area is 82.4 Å². The fraction of sp³-hybridized carbons (Fsp3) is 0. The summed E-state index contributed by atoms with van der Waals surface area (Å²) in [7, 11) is 0. The predicted molar refractivity (Wildman–Crippen MR) is 52.7 cm³/mol. The number of nitriles is 1. The van der Waals surface area contributed by atoms with Gasteiger partial charge in [-0.05, 0) is 0 Å². The fourth-order valence-electron chi connectivity index (χ4n) is 1.21. The average Bonchev–Trinajstić information content (AvgIpc) is 2.19. The van der Waals surface area contributed by atoms with Crippen molar-refractivity contribution in [1.29, 1.82) is 5.26 Å². The van der Waals surface area contributed by atoms with Crippen molar-refractivity contribution in [2.45, 2.75) is 0 Å². The van der Waals surface area contributed by atoms with E-state index in [1.807, 2.05) is 30.3 Å². The monoisotopic (exact) mass is 234 g/mol. The third kappa shape index (κ3) is 1.55. The average molecular weight is 233 g/mol. The second-order valence-electron chi connectivity index (χ2n) is 2.52. The first-order chi connectivity index (χ1) is 6.42. The molecule has 0 saturated heterocycles. The van der Waals surface area contributed by atoms with E-state index in [9.17, 15) is 0 Å². The molecule has 0 aliphatic rings. The minimum absolute atomic E-state index is 0.117. The van der Waals surface area contributed by atoms with E-state index >= 15 is 0 Å². The van der Waals surface area contributed by atoms with Gasteiger partial charge in [0.25, 0.3) is 0 Å². The van der Waals surface area contributed by atoms with Gasteiger partial charge in [-0.1, -0.05) is 0 Å². The van der Waals surface area contributed by atoms with Crippen LogP contribution in [0, 0.1) is 10.2 Å². The van der Waals surface area contributed by atoms with Crippen molar-refractivity contribution in [3.8, 4) is 4.97 Å². The van der Waals surface area contributed by atoms with Gasteiger partial charge in [-0.15, -0.1) is 0 Å². The number of aromatic nitrogens is 1. The summed E-state index contributed by atoms with van der Waals surface area (Å²) < 4.78 is 1.06. The summed E-state index contributed by atoms with van der Waals surface area (Å²) >= 11 is -0.117. The Hall–Kier alpha value is -1.36. The third-order valence-electron chi connectivity index (χ3n) is 1.75. The fourth-order valence-corrected chi connectivity index (χ4v) is 2.28. The second-order valence-corrected chi connectivity index (χ2v) is 4.26. The summed E-state index contributed by atoms with van der Waals surface area (Å²) in [6, 6.07) is 9.88. The molecule has 0 spiro atoms.